The first-order valence-electron chi connectivity index (χ1n) is 5.86. The van der Waals surface area contributed by atoms with Gasteiger partial charge in [0.1, 0.15) is 11.6 Å². The van der Waals surface area contributed by atoms with E-state index >= 15 is 0 Å². The molecule has 0 amide bonds. The summed E-state index contributed by atoms with van der Waals surface area (Å²) in [6.07, 6.45) is 4.10. The molecule has 0 aromatic carbocycles. The summed E-state index contributed by atoms with van der Waals surface area (Å²) in [7, 11) is 0. The van der Waals surface area contributed by atoms with Crippen LogP contribution in [0.1, 0.15) is 41.5 Å². The van der Waals surface area contributed by atoms with Crippen molar-refractivity contribution in [1.82, 2.24) is 0 Å². The number of azo groups is 1. The van der Waals surface area contributed by atoms with Crippen LogP contribution in [0, 0.1) is 10.8 Å². The SMILES string of the molecule is CC(C)(C)C1(C(C)(C)C)C=CC(CO)N=N1. The molecule has 1 heterocycles. The summed E-state index contributed by atoms with van der Waals surface area (Å²) in [5.41, 5.74) is -0.289. The number of hydrogen-bond acceptors (Lipinski definition) is 3. The van der Waals surface area contributed by atoms with Crippen LogP contribution >= 0.6 is 0 Å². The highest BCUT2D eigenvalue weighted by atomic mass is 16.3. The Labute approximate surface area is 98.7 Å². The van der Waals surface area contributed by atoms with Gasteiger partial charge in [0, 0.05) is 0 Å². The summed E-state index contributed by atoms with van der Waals surface area (Å²) in [6.45, 7) is 13.1. The molecule has 0 fully saturated rings. The highest BCUT2D eigenvalue weighted by Crippen LogP contribution is 2.49. The maximum absolute atomic E-state index is 9.06. The molecule has 0 saturated heterocycles. The van der Waals surface area contributed by atoms with Crippen LogP contribution in [-0.2, 0) is 0 Å². The van der Waals surface area contributed by atoms with Gasteiger partial charge in [0.25, 0.3) is 0 Å². The molecule has 16 heavy (non-hydrogen) atoms. The van der Waals surface area contributed by atoms with Crippen molar-refractivity contribution in [3.63, 3.8) is 0 Å². The Morgan fingerprint density at radius 3 is 1.88 bits per heavy atom. The zero-order valence-corrected chi connectivity index (χ0v) is 11.3. The molecular formula is C13H24N2O. The zero-order valence-electron chi connectivity index (χ0n) is 11.3. The standard InChI is InChI=1S/C13H24N2O/c1-11(2,3)13(12(4,5)6)8-7-10(9-16)14-15-13/h7-8,10,16H,9H2,1-6H3. The van der Waals surface area contributed by atoms with E-state index in [1.165, 1.54) is 0 Å². The maximum Gasteiger partial charge on any atom is 0.112 e. The molecule has 0 bridgehead atoms. The number of hydrogen-bond donors (Lipinski definition) is 1. The number of nitrogens with zero attached hydrogens (tertiary/aromatic N) is 2. The van der Waals surface area contributed by atoms with Gasteiger partial charge in [-0.15, -0.1) is 0 Å². The lowest BCUT2D eigenvalue weighted by atomic mass is 9.60. The minimum Gasteiger partial charge on any atom is -0.394 e. The third-order valence-corrected chi connectivity index (χ3v) is 3.40. The van der Waals surface area contributed by atoms with Crippen LogP contribution in [0.5, 0.6) is 0 Å². The molecule has 92 valence electrons. The number of aliphatic hydroxyl groups is 1. The molecule has 1 aliphatic rings. The second-order valence-electron chi connectivity index (χ2n) is 6.59. The van der Waals surface area contributed by atoms with Crippen molar-refractivity contribution in [1.29, 1.82) is 0 Å². The second kappa shape index (κ2) is 3.95. The largest absolute Gasteiger partial charge is 0.394 e. The van der Waals surface area contributed by atoms with E-state index in [0.29, 0.717) is 0 Å². The molecule has 0 aromatic heterocycles. The van der Waals surface area contributed by atoms with Gasteiger partial charge in [-0.1, -0.05) is 53.7 Å². The molecule has 1 N–H and O–H groups in total. The highest BCUT2D eigenvalue weighted by molar-refractivity contribution is 5.21. The molecule has 0 saturated carbocycles. The van der Waals surface area contributed by atoms with Gasteiger partial charge in [0.2, 0.25) is 0 Å². The van der Waals surface area contributed by atoms with Crippen LogP contribution in [0.25, 0.3) is 0 Å². The van der Waals surface area contributed by atoms with Crippen LogP contribution < -0.4 is 0 Å². The van der Waals surface area contributed by atoms with Gasteiger partial charge in [0.05, 0.1) is 6.61 Å². The van der Waals surface area contributed by atoms with Crippen molar-refractivity contribution in [2.75, 3.05) is 6.61 Å². The molecule has 0 aliphatic carbocycles. The van der Waals surface area contributed by atoms with Crippen molar-refractivity contribution >= 4 is 0 Å². The summed E-state index contributed by atoms with van der Waals surface area (Å²) >= 11 is 0. The van der Waals surface area contributed by atoms with Gasteiger partial charge in [-0.2, -0.15) is 10.2 Å². The molecule has 3 nitrogen and oxygen atoms in total. The Kier molecular flexibility index (Phi) is 3.30. The monoisotopic (exact) mass is 224 g/mol. The van der Waals surface area contributed by atoms with Crippen LogP contribution in [0.15, 0.2) is 22.4 Å². The predicted molar refractivity (Wildman–Crippen MR) is 66.5 cm³/mol. The van der Waals surface area contributed by atoms with Crippen LogP contribution in [0.2, 0.25) is 0 Å². The van der Waals surface area contributed by atoms with E-state index in [1.54, 1.807) is 0 Å². The molecule has 1 unspecified atom stereocenters. The molecule has 1 atom stereocenters. The van der Waals surface area contributed by atoms with E-state index in [1.807, 2.05) is 6.08 Å². The third-order valence-electron chi connectivity index (χ3n) is 3.40. The van der Waals surface area contributed by atoms with Gasteiger partial charge in [0.15, 0.2) is 0 Å². The highest BCUT2D eigenvalue weighted by Gasteiger charge is 2.50. The number of rotatable bonds is 1. The Hall–Kier alpha value is -0.700. The quantitative estimate of drug-likeness (QED) is 0.683. The fourth-order valence-corrected chi connectivity index (χ4v) is 2.51. The normalized spacial score (nSPS) is 24.8. The van der Waals surface area contributed by atoms with Gasteiger partial charge < -0.3 is 5.11 Å². The van der Waals surface area contributed by atoms with Crippen molar-refractivity contribution in [3.8, 4) is 0 Å². The lowest BCUT2D eigenvalue weighted by Gasteiger charge is -2.49. The van der Waals surface area contributed by atoms with E-state index < -0.39 is 0 Å². The summed E-state index contributed by atoms with van der Waals surface area (Å²) < 4.78 is 0. The van der Waals surface area contributed by atoms with Crippen LogP contribution in [0.4, 0.5) is 0 Å². The van der Waals surface area contributed by atoms with E-state index in [-0.39, 0.29) is 29.0 Å². The zero-order chi connectivity index (χ0) is 12.6. The van der Waals surface area contributed by atoms with Crippen molar-refractivity contribution in [2.24, 2.45) is 21.1 Å². The van der Waals surface area contributed by atoms with Gasteiger partial charge in [-0.25, -0.2) is 0 Å². The average molecular weight is 224 g/mol. The maximum atomic E-state index is 9.06. The molecule has 0 aromatic rings. The summed E-state index contributed by atoms with van der Waals surface area (Å²) in [6, 6.07) is -0.169. The molecule has 3 heteroatoms. The molecule has 1 aliphatic heterocycles. The van der Waals surface area contributed by atoms with Crippen LogP contribution in [0.3, 0.4) is 0 Å². The van der Waals surface area contributed by atoms with E-state index in [4.69, 9.17) is 5.11 Å². The summed E-state index contributed by atoms with van der Waals surface area (Å²) in [5.74, 6) is 0. The smallest absolute Gasteiger partial charge is 0.112 e. The van der Waals surface area contributed by atoms with E-state index in [0.717, 1.165) is 0 Å². The minimum absolute atomic E-state index is 0.00563. The Morgan fingerprint density at radius 2 is 1.62 bits per heavy atom. The van der Waals surface area contributed by atoms with Gasteiger partial charge in [-0.05, 0) is 10.8 Å². The average Bonchev–Trinajstić information content (AvgIpc) is 2.14. The van der Waals surface area contributed by atoms with Gasteiger partial charge >= 0.3 is 0 Å². The first kappa shape index (κ1) is 13.4. The Bertz CT molecular complexity index is 275. The Morgan fingerprint density at radius 1 is 1.12 bits per heavy atom. The van der Waals surface area contributed by atoms with Crippen molar-refractivity contribution < 1.29 is 5.11 Å². The lowest BCUT2D eigenvalue weighted by Crippen LogP contribution is -2.51. The first-order chi connectivity index (χ1) is 7.14. The lowest BCUT2D eigenvalue weighted by molar-refractivity contribution is 0.0936. The third kappa shape index (κ3) is 2.05. The van der Waals surface area contributed by atoms with E-state index in [9.17, 15) is 0 Å². The molecule has 0 radical (unpaired) electrons. The van der Waals surface area contributed by atoms with Crippen molar-refractivity contribution in [3.05, 3.63) is 12.2 Å². The molecule has 0 spiro atoms. The topological polar surface area (TPSA) is 45.0 Å². The van der Waals surface area contributed by atoms with Gasteiger partial charge in [-0.3, -0.25) is 0 Å². The second-order valence-corrected chi connectivity index (χ2v) is 6.59. The fraction of sp³-hybridized carbons (Fsp3) is 0.846. The van der Waals surface area contributed by atoms with E-state index in [2.05, 4.69) is 57.8 Å². The minimum atomic E-state index is -0.300. The van der Waals surface area contributed by atoms with Crippen molar-refractivity contribution in [2.45, 2.75) is 53.1 Å². The van der Waals surface area contributed by atoms with Crippen LogP contribution in [-0.4, -0.2) is 23.3 Å². The fourth-order valence-electron chi connectivity index (χ4n) is 2.51. The predicted octanol–water partition coefficient (Wildman–Crippen LogP) is 3.20. The molecular weight excluding hydrogens is 200 g/mol. The summed E-state index contributed by atoms with van der Waals surface area (Å²) in [5, 5.41) is 17.8. The number of aliphatic hydroxyl groups excluding tert-OH is 1. The Balaban J connectivity index is 3.17. The molecule has 1 rings (SSSR count). The first-order valence-corrected chi connectivity index (χ1v) is 5.86. The summed E-state index contributed by atoms with van der Waals surface area (Å²) in [4.78, 5) is 0.